The summed E-state index contributed by atoms with van der Waals surface area (Å²) < 4.78 is 0. The molecular formula is C18H26N2O5. The smallest absolute Gasteiger partial charge is 0.326 e. The topological polar surface area (TPSA) is 107 Å². The molecule has 0 aliphatic rings. The number of benzene rings is 1. The molecule has 0 aliphatic carbocycles. The molecular weight excluding hydrogens is 324 g/mol. The molecule has 3 N–H and O–H groups in total. The average molecular weight is 350 g/mol. The summed E-state index contributed by atoms with van der Waals surface area (Å²) in [4.78, 5) is 37.1. The van der Waals surface area contributed by atoms with Gasteiger partial charge in [-0.3, -0.25) is 14.5 Å². The van der Waals surface area contributed by atoms with E-state index in [0.717, 1.165) is 12.8 Å². The van der Waals surface area contributed by atoms with Crippen molar-refractivity contribution in [1.29, 1.82) is 0 Å². The first-order chi connectivity index (χ1) is 11.9. The van der Waals surface area contributed by atoms with Crippen molar-refractivity contribution < 1.29 is 24.6 Å². The molecule has 1 aromatic rings. The van der Waals surface area contributed by atoms with Crippen molar-refractivity contribution in [3.05, 3.63) is 35.9 Å². The highest BCUT2D eigenvalue weighted by Gasteiger charge is 2.32. The van der Waals surface area contributed by atoms with E-state index in [0.29, 0.717) is 18.7 Å². The molecule has 138 valence electrons. The van der Waals surface area contributed by atoms with Crippen LogP contribution in [0, 0.1) is 0 Å². The van der Waals surface area contributed by atoms with Crippen molar-refractivity contribution in [3.8, 4) is 0 Å². The van der Waals surface area contributed by atoms with Crippen LogP contribution in [-0.2, 0) is 9.59 Å². The first kappa shape index (κ1) is 20.6. The van der Waals surface area contributed by atoms with E-state index in [-0.39, 0.29) is 6.42 Å². The van der Waals surface area contributed by atoms with E-state index < -0.39 is 29.9 Å². The van der Waals surface area contributed by atoms with Crippen LogP contribution in [0.2, 0.25) is 0 Å². The third-order valence-electron chi connectivity index (χ3n) is 3.85. The number of carboxylic acids is 2. The molecule has 25 heavy (non-hydrogen) atoms. The summed E-state index contributed by atoms with van der Waals surface area (Å²) in [6.07, 6.45) is 1.33. The van der Waals surface area contributed by atoms with Crippen LogP contribution >= 0.6 is 0 Å². The van der Waals surface area contributed by atoms with E-state index in [1.807, 2.05) is 13.8 Å². The van der Waals surface area contributed by atoms with Crippen LogP contribution in [0.25, 0.3) is 0 Å². The van der Waals surface area contributed by atoms with Crippen LogP contribution in [-0.4, -0.2) is 58.1 Å². The van der Waals surface area contributed by atoms with E-state index in [9.17, 15) is 24.6 Å². The lowest BCUT2D eigenvalue weighted by Crippen LogP contribution is -2.50. The van der Waals surface area contributed by atoms with Crippen LogP contribution in [0.3, 0.4) is 0 Å². The Morgan fingerprint density at radius 1 is 1.00 bits per heavy atom. The molecule has 0 aliphatic heterocycles. The van der Waals surface area contributed by atoms with Gasteiger partial charge in [-0.25, -0.2) is 4.79 Å². The van der Waals surface area contributed by atoms with Gasteiger partial charge in [0.15, 0.2) is 0 Å². The molecule has 7 nitrogen and oxygen atoms in total. The van der Waals surface area contributed by atoms with Crippen LogP contribution < -0.4 is 5.32 Å². The van der Waals surface area contributed by atoms with Crippen molar-refractivity contribution >= 4 is 17.8 Å². The molecule has 0 saturated carbocycles. The van der Waals surface area contributed by atoms with Gasteiger partial charge in [0.2, 0.25) is 0 Å². The van der Waals surface area contributed by atoms with Crippen molar-refractivity contribution in [3.63, 3.8) is 0 Å². The minimum Gasteiger partial charge on any atom is -0.480 e. The summed E-state index contributed by atoms with van der Waals surface area (Å²) >= 11 is 0. The van der Waals surface area contributed by atoms with Crippen molar-refractivity contribution in [2.24, 2.45) is 0 Å². The van der Waals surface area contributed by atoms with E-state index >= 15 is 0 Å². The van der Waals surface area contributed by atoms with E-state index in [2.05, 4.69) is 5.32 Å². The molecule has 0 saturated heterocycles. The summed E-state index contributed by atoms with van der Waals surface area (Å²) in [7, 11) is 0. The van der Waals surface area contributed by atoms with Crippen molar-refractivity contribution in [1.82, 2.24) is 10.2 Å². The van der Waals surface area contributed by atoms with Gasteiger partial charge in [-0.1, -0.05) is 32.0 Å². The molecule has 1 rings (SSSR count). The highest BCUT2D eigenvalue weighted by molar-refractivity contribution is 5.96. The quantitative estimate of drug-likeness (QED) is 0.562. The van der Waals surface area contributed by atoms with E-state index in [1.54, 1.807) is 35.2 Å². The average Bonchev–Trinajstić information content (AvgIpc) is 2.58. The maximum absolute atomic E-state index is 12.2. The number of carbonyl (C=O) groups is 3. The van der Waals surface area contributed by atoms with Crippen molar-refractivity contribution in [2.75, 3.05) is 13.1 Å². The van der Waals surface area contributed by atoms with Gasteiger partial charge in [-0.05, 0) is 38.1 Å². The van der Waals surface area contributed by atoms with Crippen LogP contribution in [0.1, 0.15) is 43.5 Å². The van der Waals surface area contributed by atoms with Gasteiger partial charge in [-0.15, -0.1) is 0 Å². The van der Waals surface area contributed by atoms with Gasteiger partial charge in [-0.2, -0.15) is 0 Å². The van der Waals surface area contributed by atoms with Gasteiger partial charge in [0, 0.05) is 12.0 Å². The highest BCUT2D eigenvalue weighted by Crippen LogP contribution is 2.11. The Morgan fingerprint density at radius 2 is 1.56 bits per heavy atom. The third kappa shape index (κ3) is 6.54. The zero-order valence-corrected chi connectivity index (χ0v) is 14.6. The molecule has 1 unspecified atom stereocenters. The van der Waals surface area contributed by atoms with Crippen LogP contribution in [0.5, 0.6) is 0 Å². The second-order valence-corrected chi connectivity index (χ2v) is 5.86. The van der Waals surface area contributed by atoms with Gasteiger partial charge in [0.05, 0.1) is 0 Å². The van der Waals surface area contributed by atoms with Gasteiger partial charge < -0.3 is 15.5 Å². The van der Waals surface area contributed by atoms with Crippen LogP contribution in [0.15, 0.2) is 30.3 Å². The molecule has 0 bridgehead atoms. The maximum Gasteiger partial charge on any atom is 0.326 e. The highest BCUT2D eigenvalue weighted by atomic mass is 16.4. The molecule has 0 fully saturated rings. The number of nitrogens with zero attached hydrogens (tertiary/aromatic N) is 1. The Bertz CT molecular complexity index is 570. The molecule has 0 heterocycles. The Morgan fingerprint density at radius 3 is 2.00 bits per heavy atom. The molecule has 7 heteroatoms. The fourth-order valence-corrected chi connectivity index (χ4v) is 2.68. The lowest BCUT2D eigenvalue weighted by atomic mass is 10.0. The summed E-state index contributed by atoms with van der Waals surface area (Å²) in [5.41, 5.74) is 0.333. The number of aliphatic carboxylic acids is 2. The SMILES string of the molecule is CCCN(CCC)[C@@H](CC(NC(=O)c1ccccc1)C(=O)O)C(=O)O. The predicted octanol–water partition coefficient (Wildman–Crippen LogP) is 1.83. The number of hydrogen-bond donors (Lipinski definition) is 3. The molecule has 0 aromatic heterocycles. The lowest BCUT2D eigenvalue weighted by molar-refractivity contribution is -0.145. The van der Waals surface area contributed by atoms with Gasteiger partial charge in [0.25, 0.3) is 5.91 Å². The fraction of sp³-hybridized carbons (Fsp3) is 0.500. The van der Waals surface area contributed by atoms with Gasteiger partial charge >= 0.3 is 11.9 Å². The molecule has 0 spiro atoms. The zero-order valence-electron chi connectivity index (χ0n) is 14.6. The standard InChI is InChI=1S/C18H26N2O5/c1-3-10-20(11-4-2)15(18(24)25)12-14(17(22)23)19-16(21)13-8-6-5-7-9-13/h5-9,14-15H,3-4,10-12H2,1-2H3,(H,19,21)(H,22,23)(H,24,25)/t14?,15-/m0/s1. The van der Waals surface area contributed by atoms with Crippen molar-refractivity contribution in [2.45, 2.75) is 45.2 Å². The predicted molar refractivity (Wildman–Crippen MR) is 93.5 cm³/mol. The first-order valence-electron chi connectivity index (χ1n) is 8.46. The monoisotopic (exact) mass is 350 g/mol. The number of hydrogen-bond acceptors (Lipinski definition) is 4. The van der Waals surface area contributed by atoms with Crippen LogP contribution in [0.4, 0.5) is 0 Å². The second-order valence-electron chi connectivity index (χ2n) is 5.86. The third-order valence-corrected chi connectivity index (χ3v) is 3.85. The summed E-state index contributed by atoms with van der Waals surface area (Å²) in [6.45, 7) is 4.99. The van der Waals surface area contributed by atoms with E-state index in [4.69, 9.17) is 0 Å². The molecule has 0 radical (unpaired) electrons. The second kappa shape index (κ2) is 10.5. The molecule has 1 amide bonds. The number of rotatable bonds is 11. The normalized spacial score (nSPS) is 13.2. The Labute approximate surface area is 147 Å². The Kier molecular flexibility index (Phi) is 8.63. The molecule has 1 aromatic carbocycles. The first-order valence-corrected chi connectivity index (χ1v) is 8.46. The summed E-state index contributed by atoms with van der Waals surface area (Å²) in [5, 5.41) is 21.4. The minimum absolute atomic E-state index is 0.191. The minimum atomic E-state index is -1.27. The number of carbonyl (C=O) groups excluding carboxylic acids is 1. The fourth-order valence-electron chi connectivity index (χ4n) is 2.68. The van der Waals surface area contributed by atoms with E-state index in [1.165, 1.54) is 0 Å². The number of nitrogens with one attached hydrogen (secondary N) is 1. The maximum atomic E-state index is 12.2. The van der Waals surface area contributed by atoms with Gasteiger partial charge in [0.1, 0.15) is 12.1 Å². The zero-order chi connectivity index (χ0) is 18.8. The Balaban J connectivity index is 2.90. The number of carboxylic acid groups (broad SMARTS) is 2. The lowest BCUT2D eigenvalue weighted by Gasteiger charge is -2.30. The summed E-state index contributed by atoms with van der Waals surface area (Å²) in [6, 6.07) is 6.01. The largest absolute Gasteiger partial charge is 0.480 e. The summed E-state index contributed by atoms with van der Waals surface area (Å²) in [5.74, 6) is -2.86. The molecule has 2 atom stereocenters. The number of amides is 1. The Hall–Kier alpha value is -2.41.